The summed E-state index contributed by atoms with van der Waals surface area (Å²) in [5.41, 5.74) is 8.27. The third kappa shape index (κ3) is 4.44. The molecule has 0 saturated carbocycles. The van der Waals surface area contributed by atoms with Gasteiger partial charge in [-0.3, -0.25) is 9.69 Å². The van der Waals surface area contributed by atoms with E-state index in [0.717, 1.165) is 43.8 Å². The summed E-state index contributed by atoms with van der Waals surface area (Å²) >= 11 is 0. The summed E-state index contributed by atoms with van der Waals surface area (Å²) in [6.45, 7) is 5.09. The molecule has 116 valence electrons. The van der Waals surface area contributed by atoms with Crippen LogP contribution in [-0.2, 0) is 9.53 Å². The van der Waals surface area contributed by atoms with E-state index >= 15 is 0 Å². The van der Waals surface area contributed by atoms with Crippen molar-refractivity contribution in [1.82, 2.24) is 4.90 Å². The van der Waals surface area contributed by atoms with E-state index in [1.807, 2.05) is 25.1 Å². The van der Waals surface area contributed by atoms with E-state index in [2.05, 4.69) is 10.2 Å². The van der Waals surface area contributed by atoms with Crippen LogP contribution in [0, 0.1) is 12.8 Å². The van der Waals surface area contributed by atoms with Gasteiger partial charge in [-0.05, 0) is 56.5 Å². The van der Waals surface area contributed by atoms with Crippen molar-refractivity contribution < 1.29 is 9.53 Å². The Balaban J connectivity index is 1.81. The molecule has 1 aliphatic rings. The number of ether oxygens (including phenoxy) is 1. The number of hydrogen-bond donors (Lipinski definition) is 2. The zero-order chi connectivity index (χ0) is 15.2. The van der Waals surface area contributed by atoms with Gasteiger partial charge in [0.05, 0.1) is 6.54 Å². The largest absolute Gasteiger partial charge is 0.398 e. The quantitative estimate of drug-likeness (QED) is 0.813. The normalized spacial score (nSPS) is 16.9. The molecule has 0 bridgehead atoms. The Hall–Kier alpha value is -1.59. The molecule has 0 spiro atoms. The molecular weight excluding hydrogens is 266 g/mol. The lowest BCUT2D eigenvalue weighted by Gasteiger charge is -2.31. The average molecular weight is 291 g/mol. The van der Waals surface area contributed by atoms with Crippen molar-refractivity contribution in [2.75, 3.05) is 44.4 Å². The number of likely N-dealkylation sites (tertiary alicyclic amines) is 1. The van der Waals surface area contributed by atoms with Gasteiger partial charge in [0.25, 0.3) is 0 Å². The van der Waals surface area contributed by atoms with Gasteiger partial charge >= 0.3 is 0 Å². The molecule has 1 aromatic carbocycles. The number of methoxy groups -OCH3 is 1. The maximum Gasteiger partial charge on any atom is 0.238 e. The molecule has 3 N–H and O–H groups in total. The fourth-order valence-electron chi connectivity index (χ4n) is 2.73. The van der Waals surface area contributed by atoms with Crippen LogP contribution in [-0.4, -0.2) is 44.2 Å². The number of nitrogen functional groups attached to an aromatic ring is 1. The van der Waals surface area contributed by atoms with Crippen molar-refractivity contribution in [2.24, 2.45) is 5.92 Å². The first-order valence-electron chi connectivity index (χ1n) is 7.46. The number of hydrogen-bond acceptors (Lipinski definition) is 4. The smallest absolute Gasteiger partial charge is 0.238 e. The van der Waals surface area contributed by atoms with Gasteiger partial charge < -0.3 is 15.8 Å². The third-order valence-corrected chi connectivity index (χ3v) is 4.13. The Labute approximate surface area is 126 Å². The number of anilines is 2. The lowest BCUT2D eigenvalue weighted by atomic mass is 9.98. The van der Waals surface area contributed by atoms with E-state index in [1.165, 1.54) is 0 Å². The number of carbonyl (C=O) groups excluding carboxylic acids is 1. The molecule has 5 nitrogen and oxygen atoms in total. The van der Waals surface area contributed by atoms with Crippen LogP contribution in [0.5, 0.6) is 0 Å². The van der Waals surface area contributed by atoms with Crippen molar-refractivity contribution in [3.05, 3.63) is 23.8 Å². The van der Waals surface area contributed by atoms with Crippen LogP contribution in [0.15, 0.2) is 18.2 Å². The summed E-state index contributed by atoms with van der Waals surface area (Å²) in [4.78, 5) is 14.3. The van der Waals surface area contributed by atoms with Crippen molar-refractivity contribution in [3.63, 3.8) is 0 Å². The predicted molar refractivity (Wildman–Crippen MR) is 85.3 cm³/mol. The van der Waals surface area contributed by atoms with E-state index < -0.39 is 0 Å². The molecule has 1 fully saturated rings. The number of nitrogens with two attached hydrogens (primary N) is 1. The molecule has 0 radical (unpaired) electrons. The van der Waals surface area contributed by atoms with Crippen molar-refractivity contribution in [3.8, 4) is 0 Å². The summed E-state index contributed by atoms with van der Waals surface area (Å²) < 4.78 is 5.19. The van der Waals surface area contributed by atoms with E-state index in [4.69, 9.17) is 10.5 Å². The molecule has 1 amide bonds. The number of amides is 1. The first kappa shape index (κ1) is 15.8. The maximum atomic E-state index is 12.1. The zero-order valence-electron chi connectivity index (χ0n) is 12.9. The van der Waals surface area contributed by atoms with Gasteiger partial charge in [-0.2, -0.15) is 0 Å². The van der Waals surface area contributed by atoms with Crippen molar-refractivity contribution in [1.29, 1.82) is 0 Å². The summed E-state index contributed by atoms with van der Waals surface area (Å²) in [5.74, 6) is 0.652. The van der Waals surface area contributed by atoms with Crippen LogP contribution < -0.4 is 11.1 Å². The fraction of sp³-hybridized carbons (Fsp3) is 0.562. The predicted octanol–water partition coefficient (Wildman–Crippen LogP) is 1.87. The van der Waals surface area contributed by atoms with Crippen molar-refractivity contribution in [2.45, 2.75) is 19.8 Å². The number of carbonyl (C=O) groups is 1. The molecule has 0 atom stereocenters. The second-order valence-electron chi connectivity index (χ2n) is 5.74. The molecule has 0 aliphatic carbocycles. The lowest BCUT2D eigenvalue weighted by Crippen LogP contribution is -2.40. The Morgan fingerprint density at radius 2 is 2.14 bits per heavy atom. The van der Waals surface area contributed by atoms with Crippen LogP contribution in [0.3, 0.4) is 0 Å². The molecule has 1 saturated heterocycles. The second-order valence-corrected chi connectivity index (χ2v) is 5.74. The topological polar surface area (TPSA) is 67.6 Å². The minimum atomic E-state index is 0.0221. The maximum absolute atomic E-state index is 12.1. The molecule has 5 heteroatoms. The third-order valence-electron chi connectivity index (χ3n) is 4.13. The minimum absolute atomic E-state index is 0.0221. The lowest BCUT2D eigenvalue weighted by molar-refractivity contribution is -0.117. The molecule has 0 unspecified atom stereocenters. The standard InChI is InChI=1S/C16H25N3O2/c1-12-14(17)4-3-5-15(12)18-16(20)10-19-8-6-13(7-9-19)11-21-2/h3-5,13H,6-11,17H2,1-2H3,(H,18,20). The Morgan fingerprint density at radius 3 is 2.81 bits per heavy atom. The Kier molecular flexibility index (Phi) is 5.59. The number of nitrogens with zero attached hydrogens (tertiary/aromatic N) is 1. The van der Waals surface area contributed by atoms with Gasteiger partial charge in [0.1, 0.15) is 0 Å². The van der Waals surface area contributed by atoms with E-state index in [0.29, 0.717) is 18.2 Å². The molecule has 2 rings (SSSR count). The van der Waals surface area contributed by atoms with Crippen LogP contribution in [0.25, 0.3) is 0 Å². The molecule has 1 heterocycles. The highest BCUT2D eigenvalue weighted by Gasteiger charge is 2.20. The fourth-order valence-corrected chi connectivity index (χ4v) is 2.73. The second kappa shape index (κ2) is 7.43. The van der Waals surface area contributed by atoms with Crippen LogP contribution in [0.4, 0.5) is 11.4 Å². The summed E-state index contributed by atoms with van der Waals surface area (Å²) in [5, 5.41) is 2.95. The molecule has 1 aliphatic heterocycles. The number of rotatable bonds is 5. The van der Waals surface area contributed by atoms with Crippen LogP contribution in [0.2, 0.25) is 0 Å². The van der Waals surface area contributed by atoms with Gasteiger partial charge in [0.2, 0.25) is 5.91 Å². The molecule has 21 heavy (non-hydrogen) atoms. The first-order valence-corrected chi connectivity index (χ1v) is 7.46. The molecule has 0 aromatic heterocycles. The van der Waals surface area contributed by atoms with Gasteiger partial charge in [-0.25, -0.2) is 0 Å². The monoisotopic (exact) mass is 291 g/mol. The highest BCUT2D eigenvalue weighted by atomic mass is 16.5. The highest BCUT2D eigenvalue weighted by molar-refractivity contribution is 5.93. The SMILES string of the molecule is COCC1CCN(CC(=O)Nc2cccc(N)c2C)CC1. The average Bonchev–Trinajstić information content (AvgIpc) is 2.46. The molecule has 1 aromatic rings. The number of benzene rings is 1. The number of nitrogens with one attached hydrogen (secondary N) is 1. The van der Waals surface area contributed by atoms with Gasteiger partial charge in [-0.15, -0.1) is 0 Å². The summed E-state index contributed by atoms with van der Waals surface area (Å²) in [7, 11) is 1.74. The highest BCUT2D eigenvalue weighted by Crippen LogP contribution is 2.21. The van der Waals surface area contributed by atoms with E-state index in [1.54, 1.807) is 7.11 Å². The number of piperidine rings is 1. The van der Waals surface area contributed by atoms with E-state index in [9.17, 15) is 4.79 Å². The summed E-state index contributed by atoms with van der Waals surface area (Å²) in [6, 6.07) is 5.58. The first-order chi connectivity index (χ1) is 10.1. The van der Waals surface area contributed by atoms with Gasteiger partial charge in [-0.1, -0.05) is 6.07 Å². The van der Waals surface area contributed by atoms with Gasteiger partial charge in [0, 0.05) is 25.1 Å². The molecular formula is C16H25N3O2. The Morgan fingerprint density at radius 1 is 1.43 bits per heavy atom. The zero-order valence-corrected chi connectivity index (χ0v) is 12.9. The Bertz CT molecular complexity index is 482. The summed E-state index contributed by atoms with van der Waals surface area (Å²) in [6.07, 6.45) is 2.19. The van der Waals surface area contributed by atoms with Crippen LogP contribution in [0.1, 0.15) is 18.4 Å². The minimum Gasteiger partial charge on any atom is -0.398 e. The van der Waals surface area contributed by atoms with Crippen molar-refractivity contribution >= 4 is 17.3 Å². The van der Waals surface area contributed by atoms with Crippen LogP contribution >= 0.6 is 0 Å². The van der Waals surface area contributed by atoms with E-state index in [-0.39, 0.29) is 5.91 Å². The van der Waals surface area contributed by atoms with Gasteiger partial charge in [0.15, 0.2) is 0 Å².